The van der Waals surface area contributed by atoms with E-state index in [1.54, 1.807) is 0 Å². The molecule has 1 atom stereocenters. The summed E-state index contributed by atoms with van der Waals surface area (Å²) >= 11 is 0. The maximum atomic E-state index is 11.2. The van der Waals surface area contributed by atoms with Crippen LogP contribution in [0.1, 0.15) is 58.8 Å². The Labute approximate surface area is 87.2 Å². The third-order valence-corrected chi connectivity index (χ3v) is 2.69. The first-order valence-corrected chi connectivity index (χ1v) is 5.65. The lowest BCUT2D eigenvalue weighted by Crippen LogP contribution is -2.51. The number of unbranched alkanes of at least 4 members (excludes halogenated alkanes) is 3. The largest absolute Gasteiger partial charge is 0.368 e. The summed E-state index contributed by atoms with van der Waals surface area (Å²) in [4.78, 5) is 11.2. The van der Waals surface area contributed by atoms with Crippen molar-refractivity contribution in [2.75, 3.05) is 0 Å². The molecule has 0 aromatic heterocycles. The van der Waals surface area contributed by atoms with E-state index >= 15 is 0 Å². The van der Waals surface area contributed by atoms with Crippen molar-refractivity contribution in [3.05, 3.63) is 0 Å². The van der Waals surface area contributed by atoms with Crippen molar-refractivity contribution in [3.8, 4) is 0 Å². The highest BCUT2D eigenvalue weighted by atomic mass is 16.1. The van der Waals surface area contributed by atoms with Crippen LogP contribution in [-0.4, -0.2) is 11.4 Å². The van der Waals surface area contributed by atoms with E-state index in [9.17, 15) is 4.79 Å². The molecule has 1 amide bonds. The molecule has 0 aliphatic rings. The Balaban J connectivity index is 4.03. The first-order valence-electron chi connectivity index (χ1n) is 5.65. The standard InChI is InChI=1S/C11H24N2O/c1-3-5-7-9-11(13,10(12)14)8-6-4-2/h3-9,13H2,1-2H3,(H2,12,14). The van der Waals surface area contributed by atoms with Gasteiger partial charge in [0.05, 0.1) is 5.54 Å². The Hall–Kier alpha value is -0.570. The van der Waals surface area contributed by atoms with Crippen molar-refractivity contribution in [2.24, 2.45) is 11.5 Å². The minimum atomic E-state index is -0.759. The quantitative estimate of drug-likeness (QED) is 0.588. The molecule has 3 heteroatoms. The van der Waals surface area contributed by atoms with E-state index in [1.165, 1.54) is 0 Å². The number of nitrogens with two attached hydrogens (primary N) is 2. The van der Waals surface area contributed by atoms with Crippen LogP contribution in [0.2, 0.25) is 0 Å². The first kappa shape index (κ1) is 13.4. The molecular weight excluding hydrogens is 176 g/mol. The van der Waals surface area contributed by atoms with Gasteiger partial charge in [-0.15, -0.1) is 0 Å². The molecule has 0 rings (SSSR count). The van der Waals surface area contributed by atoms with E-state index in [0.717, 1.165) is 44.9 Å². The zero-order chi connectivity index (χ0) is 11.0. The summed E-state index contributed by atoms with van der Waals surface area (Å²) in [5, 5.41) is 0. The van der Waals surface area contributed by atoms with E-state index < -0.39 is 5.54 Å². The Bertz CT molecular complexity index is 171. The summed E-state index contributed by atoms with van der Waals surface area (Å²) in [5.74, 6) is -0.345. The SMILES string of the molecule is CCCCCC(N)(CCCC)C(N)=O. The van der Waals surface area contributed by atoms with E-state index in [0.29, 0.717) is 0 Å². The molecule has 0 bridgehead atoms. The second-order valence-electron chi connectivity index (χ2n) is 4.08. The molecule has 0 aliphatic carbocycles. The lowest BCUT2D eigenvalue weighted by Gasteiger charge is -2.25. The second-order valence-corrected chi connectivity index (χ2v) is 4.08. The average molecular weight is 200 g/mol. The predicted octanol–water partition coefficient (Wildman–Crippen LogP) is 1.94. The summed E-state index contributed by atoms with van der Waals surface area (Å²) in [7, 11) is 0. The maximum Gasteiger partial charge on any atom is 0.237 e. The van der Waals surface area contributed by atoms with E-state index in [-0.39, 0.29) is 5.91 Å². The van der Waals surface area contributed by atoms with Crippen LogP contribution in [0.3, 0.4) is 0 Å². The minimum Gasteiger partial charge on any atom is -0.368 e. The van der Waals surface area contributed by atoms with Gasteiger partial charge in [0.15, 0.2) is 0 Å². The fourth-order valence-corrected chi connectivity index (χ4v) is 1.55. The summed E-state index contributed by atoms with van der Waals surface area (Å²) in [5.41, 5.74) is 10.6. The molecule has 0 saturated heterocycles. The molecule has 1 unspecified atom stereocenters. The van der Waals surface area contributed by atoms with Crippen LogP contribution in [0.5, 0.6) is 0 Å². The summed E-state index contributed by atoms with van der Waals surface area (Å²) in [6.45, 7) is 4.22. The van der Waals surface area contributed by atoms with Gasteiger partial charge in [0.1, 0.15) is 0 Å². The van der Waals surface area contributed by atoms with Gasteiger partial charge in [0, 0.05) is 0 Å². The van der Waals surface area contributed by atoms with Crippen LogP contribution in [0.4, 0.5) is 0 Å². The summed E-state index contributed by atoms with van der Waals surface area (Å²) in [6.07, 6.45) is 6.75. The number of carbonyl (C=O) groups is 1. The van der Waals surface area contributed by atoms with Crippen LogP contribution >= 0.6 is 0 Å². The van der Waals surface area contributed by atoms with Gasteiger partial charge >= 0.3 is 0 Å². The molecule has 0 fully saturated rings. The van der Waals surface area contributed by atoms with Crippen molar-refractivity contribution in [2.45, 2.75) is 64.3 Å². The summed E-state index contributed by atoms with van der Waals surface area (Å²) in [6, 6.07) is 0. The van der Waals surface area contributed by atoms with Gasteiger partial charge in [-0.2, -0.15) is 0 Å². The van der Waals surface area contributed by atoms with Gasteiger partial charge in [0.25, 0.3) is 0 Å². The lowest BCUT2D eigenvalue weighted by molar-refractivity contribution is -0.123. The van der Waals surface area contributed by atoms with Crippen molar-refractivity contribution in [1.29, 1.82) is 0 Å². The van der Waals surface area contributed by atoms with Crippen LogP contribution in [0.25, 0.3) is 0 Å². The Morgan fingerprint density at radius 2 is 1.57 bits per heavy atom. The number of amides is 1. The molecule has 84 valence electrons. The molecule has 14 heavy (non-hydrogen) atoms. The zero-order valence-corrected chi connectivity index (χ0v) is 9.51. The monoisotopic (exact) mass is 200 g/mol. The van der Waals surface area contributed by atoms with Crippen molar-refractivity contribution < 1.29 is 4.79 Å². The van der Waals surface area contributed by atoms with E-state index in [4.69, 9.17) is 11.5 Å². The average Bonchev–Trinajstić information content (AvgIpc) is 2.15. The number of hydrogen-bond donors (Lipinski definition) is 2. The first-order chi connectivity index (χ1) is 6.56. The third-order valence-electron chi connectivity index (χ3n) is 2.69. The van der Waals surface area contributed by atoms with Crippen molar-refractivity contribution in [3.63, 3.8) is 0 Å². The number of carbonyl (C=O) groups excluding carboxylic acids is 1. The van der Waals surface area contributed by atoms with Crippen molar-refractivity contribution in [1.82, 2.24) is 0 Å². The smallest absolute Gasteiger partial charge is 0.237 e. The molecule has 0 aliphatic heterocycles. The Morgan fingerprint density at radius 1 is 1.07 bits per heavy atom. The number of hydrogen-bond acceptors (Lipinski definition) is 2. The molecular formula is C11H24N2O. The summed E-state index contributed by atoms with van der Waals surface area (Å²) < 4.78 is 0. The normalized spacial score (nSPS) is 15.1. The van der Waals surface area contributed by atoms with Crippen LogP contribution < -0.4 is 11.5 Å². The molecule has 0 radical (unpaired) electrons. The molecule has 0 aromatic rings. The second kappa shape index (κ2) is 6.82. The fraction of sp³-hybridized carbons (Fsp3) is 0.909. The third kappa shape index (κ3) is 4.61. The maximum absolute atomic E-state index is 11.2. The molecule has 4 N–H and O–H groups in total. The van der Waals surface area contributed by atoms with Gasteiger partial charge < -0.3 is 11.5 Å². The molecule has 0 aromatic carbocycles. The highest BCUT2D eigenvalue weighted by Gasteiger charge is 2.29. The molecule has 0 spiro atoms. The topological polar surface area (TPSA) is 69.1 Å². The molecule has 0 heterocycles. The van der Waals surface area contributed by atoms with Crippen molar-refractivity contribution >= 4 is 5.91 Å². The van der Waals surface area contributed by atoms with E-state index in [1.807, 2.05) is 0 Å². The van der Waals surface area contributed by atoms with Crippen LogP contribution in [-0.2, 0) is 4.79 Å². The fourth-order valence-electron chi connectivity index (χ4n) is 1.55. The van der Waals surface area contributed by atoms with Crippen LogP contribution in [0, 0.1) is 0 Å². The number of rotatable bonds is 8. The minimum absolute atomic E-state index is 0.345. The van der Waals surface area contributed by atoms with Gasteiger partial charge in [0.2, 0.25) is 5.91 Å². The van der Waals surface area contributed by atoms with Gasteiger partial charge in [-0.3, -0.25) is 4.79 Å². The lowest BCUT2D eigenvalue weighted by atomic mass is 9.87. The van der Waals surface area contributed by atoms with Gasteiger partial charge in [-0.05, 0) is 12.8 Å². The molecule has 3 nitrogen and oxygen atoms in total. The zero-order valence-electron chi connectivity index (χ0n) is 9.51. The molecule has 0 saturated carbocycles. The Morgan fingerprint density at radius 3 is 2.00 bits per heavy atom. The van der Waals surface area contributed by atoms with E-state index in [2.05, 4.69) is 13.8 Å². The van der Waals surface area contributed by atoms with Crippen LogP contribution in [0.15, 0.2) is 0 Å². The highest BCUT2D eigenvalue weighted by Crippen LogP contribution is 2.18. The van der Waals surface area contributed by atoms with Gasteiger partial charge in [-0.1, -0.05) is 46.0 Å². The predicted molar refractivity (Wildman–Crippen MR) is 59.8 cm³/mol. The number of primary amides is 1. The highest BCUT2D eigenvalue weighted by molar-refractivity contribution is 5.84. The Kier molecular flexibility index (Phi) is 6.54. The van der Waals surface area contributed by atoms with Gasteiger partial charge in [-0.25, -0.2) is 0 Å².